The van der Waals surface area contributed by atoms with Crippen LogP contribution in [0.4, 0.5) is 5.69 Å². The third-order valence-electron chi connectivity index (χ3n) is 4.05. The molecule has 4 rings (SSSR count). The van der Waals surface area contributed by atoms with E-state index in [2.05, 4.69) is 26.4 Å². The first-order chi connectivity index (χ1) is 12.6. The van der Waals surface area contributed by atoms with Crippen LogP contribution in [0.25, 0.3) is 27.8 Å². The molecular formula is C20H17N5O. The highest BCUT2D eigenvalue weighted by atomic mass is 16.1. The molecule has 6 heteroatoms. The number of aryl methyl sites for hydroxylation is 1. The van der Waals surface area contributed by atoms with Gasteiger partial charge < -0.3 is 5.32 Å². The Morgan fingerprint density at radius 1 is 1.04 bits per heavy atom. The van der Waals surface area contributed by atoms with Gasteiger partial charge in [-0.05, 0) is 36.8 Å². The van der Waals surface area contributed by atoms with Crippen LogP contribution in [0, 0.1) is 6.92 Å². The normalized spacial score (nSPS) is 10.8. The van der Waals surface area contributed by atoms with Crippen LogP contribution < -0.4 is 5.32 Å². The van der Waals surface area contributed by atoms with E-state index in [0.717, 1.165) is 33.5 Å². The topological polar surface area (TPSA) is 72.7 Å². The molecule has 0 atom stereocenters. The molecule has 1 N–H and O–H groups in total. The van der Waals surface area contributed by atoms with Crippen molar-refractivity contribution in [2.45, 2.75) is 13.8 Å². The van der Waals surface area contributed by atoms with E-state index in [1.165, 1.54) is 6.92 Å². The molecule has 0 spiro atoms. The minimum Gasteiger partial charge on any atom is -0.325 e. The molecule has 0 radical (unpaired) electrons. The minimum atomic E-state index is -0.122. The predicted molar refractivity (Wildman–Crippen MR) is 101 cm³/mol. The third-order valence-corrected chi connectivity index (χ3v) is 4.05. The Balaban J connectivity index is 1.81. The monoisotopic (exact) mass is 343 g/mol. The summed E-state index contributed by atoms with van der Waals surface area (Å²) < 4.78 is 1.83. The van der Waals surface area contributed by atoms with Crippen molar-refractivity contribution < 1.29 is 4.79 Å². The first kappa shape index (κ1) is 16.0. The Morgan fingerprint density at radius 2 is 1.92 bits per heavy atom. The number of amides is 1. The smallest absolute Gasteiger partial charge is 0.221 e. The van der Waals surface area contributed by atoms with E-state index < -0.39 is 0 Å². The van der Waals surface area contributed by atoms with Gasteiger partial charge in [0.05, 0.1) is 23.6 Å². The zero-order valence-corrected chi connectivity index (χ0v) is 14.5. The number of hydrogen-bond donors (Lipinski definition) is 1. The number of nitrogens with zero attached hydrogens (tertiary/aromatic N) is 4. The number of nitrogens with one attached hydrogen (secondary N) is 1. The van der Waals surface area contributed by atoms with Crippen molar-refractivity contribution >= 4 is 22.5 Å². The lowest BCUT2D eigenvalue weighted by Crippen LogP contribution is -2.05. The van der Waals surface area contributed by atoms with Crippen molar-refractivity contribution in [1.82, 2.24) is 19.7 Å². The van der Waals surface area contributed by atoms with Crippen LogP contribution in [0.1, 0.15) is 12.6 Å². The van der Waals surface area contributed by atoms with E-state index in [9.17, 15) is 4.79 Å². The second kappa shape index (κ2) is 6.40. The summed E-state index contributed by atoms with van der Waals surface area (Å²) in [5.41, 5.74) is 4.48. The van der Waals surface area contributed by atoms with Gasteiger partial charge in [0.2, 0.25) is 5.91 Å². The van der Waals surface area contributed by atoms with Crippen LogP contribution in [0.3, 0.4) is 0 Å². The lowest BCUT2D eigenvalue weighted by molar-refractivity contribution is -0.114. The van der Waals surface area contributed by atoms with Crippen molar-refractivity contribution in [3.8, 4) is 16.9 Å². The molecule has 0 fully saturated rings. The molecule has 0 aliphatic carbocycles. The number of fused-ring (bicyclic) bond motifs is 1. The van der Waals surface area contributed by atoms with Crippen LogP contribution in [-0.2, 0) is 4.79 Å². The molecule has 6 nitrogen and oxygen atoms in total. The zero-order valence-electron chi connectivity index (χ0n) is 14.5. The molecule has 0 saturated carbocycles. The molecule has 4 aromatic rings. The number of aromatic nitrogens is 4. The first-order valence-corrected chi connectivity index (χ1v) is 8.25. The average molecular weight is 343 g/mol. The molecule has 128 valence electrons. The number of benzene rings is 1. The Bertz CT molecular complexity index is 1120. The first-order valence-electron chi connectivity index (χ1n) is 8.25. The van der Waals surface area contributed by atoms with Crippen molar-refractivity contribution in [1.29, 1.82) is 0 Å². The van der Waals surface area contributed by atoms with E-state index in [1.54, 1.807) is 12.4 Å². The zero-order chi connectivity index (χ0) is 18.1. The predicted octanol–water partition coefficient (Wildman–Crippen LogP) is 3.75. The number of anilines is 1. The van der Waals surface area contributed by atoms with Gasteiger partial charge in [-0.15, -0.1) is 0 Å². The second-order valence-electron chi connectivity index (χ2n) is 6.11. The van der Waals surface area contributed by atoms with Crippen molar-refractivity contribution in [3.63, 3.8) is 0 Å². The van der Waals surface area contributed by atoms with Gasteiger partial charge >= 0.3 is 0 Å². The fourth-order valence-corrected chi connectivity index (χ4v) is 2.90. The summed E-state index contributed by atoms with van der Waals surface area (Å²) in [4.78, 5) is 20.1. The maximum atomic E-state index is 11.3. The summed E-state index contributed by atoms with van der Waals surface area (Å²) in [5, 5.41) is 8.27. The summed E-state index contributed by atoms with van der Waals surface area (Å²) in [7, 11) is 0. The molecule has 0 saturated heterocycles. The van der Waals surface area contributed by atoms with Gasteiger partial charge in [-0.25, -0.2) is 9.67 Å². The Kier molecular flexibility index (Phi) is 3.93. The Morgan fingerprint density at radius 3 is 2.73 bits per heavy atom. The second-order valence-corrected chi connectivity index (χ2v) is 6.11. The molecule has 0 unspecified atom stereocenters. The maximum Gasteiger partial charge on any atom is 0.221 e. The molecule has 3 aromatic heterocycles. The summed E-state index contributed by atoms with van der Waals surface area (Å²) in [6.45, 7) is 3.44. The fraction of sp³-hybridized carbons (Fsp3) is 0.100. The average Bonchev–Trinajstić information content (AvgIpc) is 3.04. The summed E-state index contributed by atoms with van der Waals surface area (Å²) >= 11 is 0. The van der Waals surface area contributed by atoms with Crippen molar-refractivity contribution in [2.24, 2.45) is 0 Å². The van der Waals surface area contributed by atoms with E-state index >= 15 is 0 Å². The summed E-state index contributed by atoms with van der Waals surface area (Å²) in [6.07, 6.45) is 5.23. The van der Waals surface area contributed by atoms with E-state index in [0.29, 0.717) is 5.69 Å². The van der Waals surface area contributed by atoms with Gasteiger partial charge in [0.15, 0.2) is 5.82 Å². The van der Waals surface area contributed by atoms with Gasteiger partial charge in [0.1, 0.15) is 0 Å². The molecule has 0 aliphatic rings. The highest BCUT2D eigenvalue weighted by Gasteiger charge is 2.09. The molecule has 0 bridgehead atoms. The number of rotatable bonds is 3. The van der Waals surface area contributed by atoms with Gasteiger partial charge in [-0.1, -0.05) is 18.2 Å². The number of hydrogen-bond acceptors (Lipinski definition) is 4. The summed E-state index contributed by atoms with van der Waals surface area (Å²) in [5.74, 6) is 0.658. The van der Waals surface area contributed by atoms with Crippen molar-refractivity contribution in [3.05, 3.63) is 66.7 Å². The largest absolute Gasteiger partial charge is 0.325 e. The van der Waals surface area contributed by atoms with Gasteiger partial charge in [0.25, 0.3) is 0 Å². The molecule has 1 amide bonds. The lowest BCUT2D eigenvalue weighted by Gasteiger charge is -2.07. The Labute approximate surface area is 150 Å². The number of pyridine rings is 2. The van der Waals surface area contributed by atoms with Gasteiger partial charge in [0, 0.05) is 29.8 Å². The van der Waals surface area contributed by atoms with Gasteiger partial charge in [-0.3, -0.25) is 9.78 Å². The fourth-order valence-electron chi connectivity index (χ4n) is 2.90. The molecule has 1 aromatic carbocycles. The lowest BCUT2D eigenvalue weighted by atomic mass is 10.1. The number of carbonyl (C=O) groups is 1. The maximum absolute atomic E-state index is 11.3. The number of carbonyl (C=O) groups excluding carboxylic acids is 1. The van der Waals surface area contributed by atoms with Crippen LogP contribution >= 0.6 is 0 Å². The van der Waals surface area contributed by atoms with Crippen LogP contribution in [-0.4, -0.2) is 25.7 Å². The van der Waals surface area contributed by atoms with Crippen molar-refractivity contribution in [2.75, 3.05) is 5.32 Å². The Hall–Kier alpha value is -3.54. The van der Waals surface area contributed by atoms with E-state index in [1.807, 2.05) is 54.2 Å². The standard InChI is InChI=1S/C20H17N5O/c1-13-4-3-5-20(23-13)25-19-9-15(6-7-16(19)11-22-25)17-8-18(12-21-10-17)24-14(2)26/h3-12H,1-2H3,(H,24,26). The molecule has 0 aliphatic heterocycles. The summed E-state index contributed by atoms with van der Waals surface area (Å²) in [6, 6.07) is 13.9. The quantitative estimate of drug-likeness (QED) is 0.615. The molecular weight excluding hydrogens is 326 g/mol. The molecule has 26 heavy (non-hydrogen) atoms. The van der Waals surface area contributed by atoms with Crippen LogP contribution in [0.2, 0.25) is 0 Å². The highest BCUT2D eigenvalue weighted by molar-refractivity contribution is 5.90. The van der Waals surface area contributed by atoms with Crippen LogP contribution in [0.15, 0.2) is 61.1 Å². The van der Waals surface area contributed by atoms with E-state index in [-0.39, 0.29) is 5.91 Å². The highest BCUT2D eigenvalue weighted by Crippen LogP contribution is 2.26. The molecule has 3 heterocycles. The van der Waals surface area contributed by atoms with E-state index in [4.69, 9.17) is 0 Å². The minimum absolute atomic E-state index is 0.122. The van der Waals surface area contributed by atoms with Crippen LogP contribution in [0.5, 0.6) is 0 Å². The van der Waals surface area contributed by atoms with Gasteiger partial charge in [-0.2, -0.15) is 5.10 Å². The third kappa shape index (κ3) is 3.04. The SMILES string of the molecule is CC(=O)Nc1cncc(-c2ccc3cnn(-c4cccc(C)n4)c3c2)c1.